The molecule has 4 rings (SSSR count). The quantitative estimate of drug-likeness (QED) is 0.852. The van der Waals surface area contributed by atoms with Crippen molar-refractivity contribution in [3.8, 4) is 0 Å². The van der Waals surface area contributed by atoms with Crippen molar-refractivity contribution < 1.29 is 0 Å². The third-order valence-corrected chi connectivity index (χ3v) is 4.37. The summed E-state index contributed by atoms with van der Waals surface area (Å²) in [6, 6.07) is 1.00. The molecule has 0 aliphatic carbocycles. The number of nitrogens with one attached hydrogen (secondary N) is 1. The number of piperidine rings is 3. The van der Waals surface area contributed by atoms with Crippen LogP contribution in [0.5, 0.6) is 0 Å². The molecule has 3 saturated heterocycles. The second-order valence-corrected chi connectivity index (χ2v) is 5.53. The molecular formula is C13H22N4. The maximum absolute atomic E-state index is 4.43. The highest BCUT2D eigenvalue weighted by Crippen LogP contribution is 2.28. The van der Waals surface area contributed by atoms with Crippen LogP contribution in [0.3, 0.4) is 0 Å². The van der Waals surface area contributed by atoms with Crippen LogP contribution in [-0.2, 0) is 7.05 Å². The summed E-state index contributed by atoms with van der Waals surface area (Å²) in [4.78, 5) is 7.02. The first kappa shape index (κ1) is 11.2. The van der Waals surface area contributed by atoms with Crippen molar-refractivity contribution in [3.63, 3.8) is 0 Å². The molecule has 4 heterocycles. The van der Waals surface area contributed by atoms with Gasteiger partial charge in [-0.3, -0.25) is 0 Å². The van der Waals surface area contributed by atoms with Gasteiger partial charge >= 0.3 is 0 Å². The van der Waals surface area contributed by atoms with E-state index in [-0.39, 0.29) is 0 Å². The van der Waals surface area contributed by atoms with Gasteiger partial charge in [-0.15, -0.1) is 0 Å². The first-order valence-corrected chi connectivity index (χ1v) is 6.69. The van der Waals surface area contributed by atoms with Crippen LogP contribution in [0.4, 0.5) is 0 Å². The van der Waals surface area contributed by atoms with Crippen molar-refractivity contribution in [2.24, 2.45) is 13.0 Å². The standard InChI is InChI=1S/C13H22N4/c1-10(13-14-5-8-16(13)2)15-12-9-17-6-3-11(12)4-7-17/h5,8,10-12,15H,3-4,6-7,9H2,1-2H3. The Morgan fingerprint density at radius 2 is 2.18 bits per heavy atom. The smallest absolute Gasteiger partial charge is 0.125 e. The molecule has 3 aliphatic heterocycles. The number of aryl methyl sites for hydroxylation is 1. The first-order chi connectivity index (χ1) is 8.24. The van der Waals surface area contributed by atoms with Crippen molar-refractivity contribution in [1.29, 1.82) is 0 Å². The number of imidazole rings is 1. The summed E-state index contributed by atoms with van der Waals surface area (Å²) in [5.41, 5.74) is 0. The maximum Gasteiger partial charge on any atom is 0.125 e. The molecule has 4 heteroatoms. The third-order valence-electron chi connectivity index (χ3n) is 4.37. The zero-order valence-electron chi connectivity index (χ0n) is 10.8. The van der Waals surface area contributed by atoms with Crippen LogP contribution >= 0.6 is 0 Å². The van der Waals surface area contributed by atoms with E-state index in [0.29, 0.717) is 12.1 Å². The number of rotatable bonds is 3. The Bertz CT molecular complexity index is 379. The normalized spacial score (nSPS) is 33.9. The Hall–Kier alpha value is -0.870. The lowest BCUT2D eigenvalue weighted by Gasteiger charge is -2.45. The van der Waals surface area contributed by atoms with Gasteiger partial charge in [0.2, 0.25) is 0 Å². The lowest BCUT2D eigenvalue weighted by molar-refractivity contribution is 0.0673. The fourth-order valence-corrected chi connectivity index (χ4v) is 3.34. The number of aromatic nitrogens is 2. The Morgan fingerprint density at radius 3 is 2.71 bits per heavy atom. The Labute approximate surface area is 103 Å². The Kier molecular flexibility index (Phi) is 2.92. The molecule has 1 aromatic heterocycles. The van der Waals surface area contributed by atoms with E-state index < -0.39 is 0 Å². The van der Waals surface area contributed by atoms with Crippen LogP contribution in [0.25, 0.3) is 0 Å². The summed E-state index contributed by atoms with van der Waals surface area (Å²) < 4.78 is 2.11. The van der Waals surface area contributed by atoms with Gasteiger partial charge in [-0.1, -0.05) is 0 Å². The van der Waals surface area contributed by atoms with E-state index in [1.165, 1.54) is 32.5 Å². The van der Waals surface area contributed by atoms with Gasteiger partial charge < -0.3 is 14.8 Å². The Morgan fingerprint density at radius 1 is 1.41 bits per heavy atom. The highest BCUT2D eigenvalue weighted by molar-refractivity contribution is 5.00. The summed E-state index contributed by atoms with van der Waals surface area (Å²) in [6.07, 6.45) is 6.63. The van der Waals surface area contributed by atoms with E-state index in [4.69, 9.17) is 0 Å². The van der Waals surface area contributed by atoms with Crippen LogP contribution < -0.4 is 5.32 Å². The molecule has 1 N–H and O–H groups in total. The predicted molar refractivity (Wildman–Crippen MR) is 67.7 cm³/mol. The van der Waals surface area contributed by atoms with E-state index in [1.54, 1.807) is 0 Å². The number of hydrogen-bond donors (Lipinski definition) is 1. The summed E-state index contributed by atoms with van der Waals surface area (Å²) in [5, 5.41) is 3.77. The SMILES string of the molecule is CC(NC1CN2CCC1CC2)c1nccn1C. The van der Waals surface area contributed by atoms with Gasteiger partial charge in [0, 0.05) is 32.0 Å². The average Bonchev–Trinajstić information content (AvgIpc) is 2.77. The highest BCUT2D eigenvalue weighted by atomic mass is 15.2. The van der Waals surface area contributed by atoms with Crippen LogP contribution in [0.15, 0.2) is 12.4 Å². The lowest BCUT2D eigenvalue weighted by Crippen LogP contribution is -2.56. The molecule has 0 spiro atoms. The molecule has 4 nitrogen and oxygen atoms in total. The minimum atomic E-state index is 0.348. The second-order valence-electron chi connectivity index (χ2n) is 5.53. The van der Waals surface area contributed by atoms with Crippen molar-refractivity contribution in [3.05, 3.63) is 18.2 Å². The number of nitrogens with zero attached hydrogens (tertiary/aromatic N) is 3. The average molecular weight is 234 g/mol. The third kappa shape index (κ3) is 2.11. The fraction of sp³-hybridized carbons (Fsp3) is 0.769. The summed E-state index contributed by atoms with van der Waals surface area (Å²) in [5.74, 6) is 2.02. The van der Waals surface area contributed by atoms with Crippen molar-refractivity contribution >= 4 is 0 Å². The molecule has 3 aliphatic rings. The molecule has 0 aromatic carbocycles. The molecule has 0 amide bonds. The maximum atomic E-state index is 4.43. The van der Waals surface area contributed by atoms with Gasteiger partial charge in [0.05, 0.1) is 6.04 Å². The lowest BCUT2D eigenvalue weighted by atomic mass is 9.83. The predicted octanol–water partition coefficient (Wildman–Crippen LogP) is 1.16. The molecule has 94 valence electrons. The molecule has 2 bridgehead atoms. The van der Waals surface area contributed by atoms with E-state index in [1.807, 2.05) is 12.4 Å². The minimum absolute atomic E-state index is 0.348. The van der Waals surface area contributed by atoms with Crippen LogP contribution in [-0.4, -0.2) is 40.1 Å². The summed E-state index contributed by atoms with van der Waals surface area (Å²) in [6.45, 7) is 6.05. The molecule has 2 unspecified atom stereocenters. The van der Waals surface area contributed by atoms with Crippen molar-refractivity contribution in [2.75, 3.05) is 19.6 Å². The van der Waals surface area contributed by atoms with Gasteiger partial charge in [-0.2, -0.15) is 0 Å². The molecule has 1 aromatic rings. The molecule has 17 heavy (non-hydrogen) atoms. The van der Waals surface area contributed by atoms with Crippen molar-refractivity contribution in [1.82, 2.24) is 19.8 Å². The number of fused-ring (bicyclic) bond motifs is 3. The van der Waals surface area contributed by atoms with Crippen LogP contribution in [0.1, 0.15) is 31.6 Å². The molecule has 0 saturated carbocycles. The highest BCUT2D eigenvalue weighted by Gasteiger charge is 2.34. The van der Waals surface area contributed by atoms with Gasteiger partial charge in [0.25, 0.3) is 0 Å². The van der Waals surface area contributed by atoms with E-state index >= 15 is 0 Å². The van der Waals surface area contributed by atoms with E-state index in [2.05, 4.69) is 33.7 Å². The molecular weight excluding hydrogens is 212 g/mol. The summed E-state index contributed by atoms with van der Waals surface area (Å²) >= 11 is 0. The topological polar surface area (TPSA) is 33.1 Å². The molecule has 2 atom stereocenters. The minimum Gasteiger partial charge on any atom is -0.337 e. The monoisotopic (exact) mass is 234 g/mol. The second kappa shape index (κ2) is 4.42. The van der Waals surface area contributed by atoms with Crippen LogP contribution in [0.2, 0.25) is 0 Å². The zero-order chi connectivity index (χ0) is 11.8. The van der Waals surface area contributed by atoms with Gasteiger partial charge in [0.15, 0.2) is 0 Å². The van der Waals surface area contributed by atoms with Gasteiger partial charge in [-0.25, -0.2) is 4.98 Å². The Balaban J connectivity index is 1.65. The first-order valence-electron chi connectivity index (χ1n) is 6.69. The number of hydrogen-bond acceptors (Lipinski definition) is 3. The zero-order valence-corrected chi connectivity index (χ0v) is 10.8. The summed E-state index contributed by atoms with van der Waals surface area (Å²) in [7, 11) is 2.07. The van der Waals surface area contributed by atoms with Crippen molar-refractivity contribution in [2.45, 2.75) is 31.8 Å². The molecule has 3 fully saturated rings. The van der Waals surface area contributed by atoms with Gasteiger partial charge in [0.1, 0.15) is 5.82 Å². The van der Waals surface area contributed by atoms with E-state index in [9.17, 15) is 0 Å². The van der Waals surface area contributed by atoms with Crippen LogP contribution in [0, 0.1) is 5.92 Å². The molecule has 0 radical (unpaired) electrons. The fourth-order valence-electron chi connectivity index (χ4n) is 3.34. The largest absolute Gasteiger partial charge is 0.337 e. The van der Waals surface area contributed by atoms with E-state index in [0.717, 1.165) is 11.7 Å². The van der Waals surface area contributed by atoms with Gasteiger partial charge in [-0.05, 0) is 38.8 Å².